The number of hydrogen-bond acceptors (Lipinski definition) is 5. The third kappa shape index (κ3) is 3.91. The van der Waals surface area contributed by atoms with E-state index in [0.29, 0.717) is 47.0 Å². The first kappa shape index (κ1) is 20.0. The van der Waals surface area contributed by atoms with Crippen molar-refractivity contribution >= 4 is 17.6 Å². The van der Waals surface area contributed by atoms with Gasteiger partial charge in [-0.1, -0.05) is 12.1 Å². The van der Waals surface area contributed by atoms with Crippen LogP contribution in [0, 0.1) is 11.3 Å². The van der Waals surface area contributed by atoms with Crippen LogP contribution < -0.4 is 15.8 Å². The molecule has 1 aliphatic rings. The minimum atomic E-state index is -0.547. The monoisotopic (exact) mass is 416 g/mol. The molecular weight excluding hydrogens is 396 g/mol. The summed E-state index contributed by atoms with van der Waals surface area (Å²) in [5, 5.41) is 16.5. The summed E-state index contributed by atoms with van der Waals surface area (Å²) in [4.78, 5) is 26.5. The largest absolute Gasteiger partial charge is 0.497 e. The number of benzene rings is 2. The molecule has 0 radical (unpaired) electrons. The Hall–Kier alpha value is -4.32. The summed E-state index contributed by atoms with van der Waals surface area (Å²) in [6.45, 7) is 1.03. The van der Waals surface area contributed by atoms with E-state index in [9.17, 15) is 9.59 Å². The third-order valence-corrected chi connectivity index (χ3v) is 5.13. The molecule has 2 aromatic carbocycles. The van der Waals surface area contributed by atoms with Crippen LogP contribution in [0.5, 0.6) is 5.75 Å². The number of amides is 3. The average Bonchev–Trinajstić information content (AvgIpc) is 3.18. The normalized spacial score (nSPS) is 12.6. The number of nitriles is 1. The van der Waals surface area contributed by atoms with Gasteiger partial charge in [-0.05, 0) is 36.4 Å². The van der Waals surface area contributed by atoms with Gasteiger partial charge in [-0.2, -0.15) is 10.4 Å². The summed E-state index contributed by atoms with van der Waals surface area (Å²) in [5.41, 5.74) is 8.69. The van der Waals surface area contributed by atoms with Crippen LogP contribution in [0.3, 0.4) is 0 Å². The van der Waals surface area contributed by atoms with Crippen LogP contribution in [0.1, 0.15) is 21.6 Å². The molecule has 1 aliphatic heterocycles. The summed E-state index contributed by atoms with van der Waals surface area (Å²) in [7, 11) is 1.57. The molecule has 0 fully saturated rings. The Morgan fingerprint density at radius 2 is 1.97 bits per heavy atom. The Labute approximate surface area is 178 Å². The van der Waals surface area contributed by atoms with Crippen LogP contribution >= 0.6 is 0 Å². The first-order valence-electron chi connectivity index (χ1n) is 9.60. The Kier molecular flexibility index (Phi) is 5.28. The van der Waals surface area contributed by atoms with Gasteiger partial charge in [0.15, 0.2) is 0 Å². The predicted octanol–water partition coefficient (Wildman–Crippen LogP) is 2.58. The van der Waals surface area contributed by atoms with Gasteiger partial charge in [0.2, 0.25) is 0 Å². The number of carbonyl (C=O) groups excluding carboxylic acids is 2. The molecule has 4 rings (SSSR count). The van der Waals surface area contributed by atoms with Gasteiger partial charge in [-0.15, -0.1) is 0 Å². The number of hydrogen-bond donors (Lipinski definition) is 2. The van der Waals surface area contributed by atoms with E-state index in [2.05, 4.69) is 10.4 Å². The minimum absolute atomic E-state index is 0.183. The maximum absolute atomic E-state index is 13.3. The number of rotatable bonds is 4. The molecule has 0 atom stereocenters. The third-order valence-electron chi connectivity index (χ3n) is 5.13. The number of ether oxygens (including phenoxy) is 1. The summed E-state index contributed by atoms with van der Waals surface area (Å²) < 4.78 is 7.05. The number of nitrogens with two attached hydrogens (primary N) is 1. The molecule has 0 spiro atoms. The topological polar surface area (TPSA) is 126 Å². The number of methoxy groups -OCH3 is 1. The van der Waals surface area contributed by atoms with Crippen LogP contribution in [0.15, 0.2) is 48.5 Å². The Balaban J connectivity index is 1.77. The summed E-state index contributed by atoms with van der Waals surface area (Å²) in [5.74, 6) is 0.274. The number of nitrogens with zero attached hydrogens (tertiary/aromatic N) is 4. The van der Waals surface area contributed by atoms with Gasteiger partial charge in [0.1, 0.15) is 11.4 Å². The standard InChI is InChI=1S/C22H20N6O3/c1-31-17-4-2-3-15(11-17)20-19(18-13-27(22(24)30)9-10-28(18)26-20)21(29)25-16-7-5-14(12-23)6-8-16/h2-8,11H,9-10,13H2,1H3,(H2,24,30)(H,25,29). The van der Waals surface area contributed by atoms with Crippen molar-refractivity contribution in [1.82, 2.24) is 14.7 Å². The zero-order valence-electron chi connectivity index (χ0n) is 16.8. The zero-order chi connectivity index (χ0) is 22.0. The SMILES string of the molecule is COc1cccc(-c2nn3c(c2C(=O)Nc2ccc(C#N)cc2)CN(C(N)=O)CC3)c1. The van der Waals surface area contributed by atoms with E-state index < -0.39 is 6.03 Å². The van der Waals surface area contributed by atoms with Crippen LogP contribution in [0.2, 0.25) is 0 Å². The van der Waals surface area contributed by atoms with Crippen molar-refractivity contribution < 1.29 is 14.3 Å². The molecule has 156 valence electrons. The molecule has 9 nitrogen and oxygen atoms in total. The molecule has 9 heteroatoms. The fraction of sp³-hybridized carbons (Fsp3) is 0.182. The molecule has 0 saturated heterocycles. The Morgan fingerprint density at radius 1 is 1.19 bits per heavy atom. The molecule has 3 aromatic rings. The van der Waals surface area contributed by atoms with Gasteiger partial charge in [-0.25, -0.2) is 4.79 Å². The molecule has 0 bridgehead atoms. The number of anilines is 1. The summed E-state index contributed by atoms with van der Waals surface area (Å²) in [6.07, 6.45) is 0. The zero-order valence-corrected chi connectivity index (χ0v) is 16.8. The average molecular weight is 416 g/mol. The predicted molar refractivity (Wildman–Crippen MR) is 113 cm³/mol. The van der Waals surface area contributed by atoms with Crippen LogP contribution in [-0.2, 0) is 13.1 Å². The maximum atomic E-state index is 13.3. The molecule has 3 N–H and O–H groups in total. The lowest BCUT2D eigenvalue weighted by Crippen LogP contribution is -2.42. The number of carbonyl (C=O) groups is 2. The van der Waals surface area contributed by atoms with Crippen LogP contribution in [0.4, 0.5) is 10.5 Å². The number of urea groups is 1. The summed E-state index contributed by atoms with van der Waals surface area (Å²) in [6, 6.07) is 15.4. The van der Waals surface area contributed by atoms with E-state index in [1.54, 1.807) is 42.1 Å². The second-order valence-corrected chi connectivity index (χ2v) is 7.03. The van der Waals surface area contributed by atoms with Gasteiger partial charge in [-0.3, -0.25) is 9.48 Å². The molecule has 31 heavy (non-hydrogen) atoms. The number of nitrogens with one attached hydrogen (secondary N) is 1. The summed E-state index contributed by atoms with van der Waals surface area (Å²) >= 11 is 0. The van der Waals surface area contributed by atoms with Crippen LogP contribution in [0.25, 0.3) is 11.3 Å². The molecule has 3 amide bonds. The van der Waals surface area contributed by atoms with Gasteiger partial charge in [0, 0.05) is 17.8 Å². The number of aromatic nitrogens is 2. The van der Waals surface area contributed by atoms with Gasteiger partial charge >= 0.3 is 6.03 Å². The van der Waals surface area contributed by atoms with E-state index in [4.69, 9.17) is 15.7 Å². The number of primary amides is 1. The quantitative estimate of drug-likeness (QED) is 0.676. The first-order chi connectivity index (χ1) is 15.0. The van der Waals surface area contributed by atoms with E-state index in [0.717, 1.165) is 5.56 Å². The molecule has 0 saturated carbocycles. The van der Waals surface area contributed by atoms with E-state index >= 15 is 0 Å². The second kappa shape index (κ2) is 8.20. The fourth-order valence-corrected chi connectivity index (χ4v) is 3.54. The lowest BCUT2D eigenvalue weighted by molar-refractivity contribution is 0.102. The smallest absolute Gasteiger partial charge is 0.315 e. The van der Waals surface area contributed by atoms with Crippen molar-refractivity contribution in [2.75, 3.05) is 19.0 Å². The van der Waals surface area contributed by atoms with Gasteiger partial charge < -0.3 is 20.7 Å². The highest BCUT2D eigenvalue weighted by atomic mass is 16.5. The van der Waals surface area contributed by atoms with Crippen LogP contribution in [-0.4, -0.2) is 40.3 Å². The fourth-order valence-electron chi connectivity index (χ4n) is 3.54. The highest BCUT2D eigenvalue weighted by Crippen LogP contribution is 2.31. The van der Waals surface area contributed by atoms with Crippen molar-refractivity contribution in [2.45, 2.75) is 13.1 Å². The van der Waals surface area contributed by atoms with Gasteiger partial charge in [0.25, 0.3) is 5.91 Å². The van der Waals surface area contributed by atoms with Crippen molar-refractivity contribution in [3.05, 3.63) is 65.4 Å². The van der Waals surface area contributed by atoms with Crippen molar-refractivity contribution in [1.29, 1.82) is 5.26 Å². The first-order valence-corrected chi connectivity index (χ1v) is 9.60. The Bertz CT molecular complexity index is 1190. The molecule has 2 heterocycles. The van der Waals surface area contributed by atoms with E-state index in [1.165, 1.54) is 4.90 Å². The highest BCUT2D eigenvalue weighted by Gasteiger charge is 2.30. The lowest BCUT2D eigenvalue weighted by atomic mass is 10.0. The van der Waals surface area contributed by atoms with Gasteiger partial charge in [0.05, 0.1) is 43.1 Å². The molecule has 0 unspecified atom stereocenters. The lowest BCUT2D eigenvalue weighted by Gasteiger charge is -2.26. The molecular formula is C22H20N6O3. The van der Waals surface area contributed by atoms with E-state index in [1.807, 2.05) is 24.3 Å². The molecule has 1 aromatic heterocycles. The maximum Gasteiger partial charge on any atom is 0.315 e. The van der Waals surface area contributed by atoms with E-state index in [-0.39, 0.29) is 12.5 Å². The highest BCUT2D eigenvalue weighted by molar-refractivity contribution is 6.09. The minimum Gasteiger partial charge on any atom is -0.497 e. The molecule has 0 aliphatic carbocycles. The Morgan fingerprint density at radius 3 is 2.65 bits per heavy atom. The number of fused-ring (bicyclic) bond motifs is 1. The second-order valence-electron chi connectivity index (χ2n) is 7.03. The van der Waals surface area contributed by atoms with Crippen molar-refractivity contribution in [3.63, 3.8) is 0 Å². The van der Waals surface area contributed by atoms with Crippen molar-refractivity contribution in [3.8, 4) is 23.1 Å². The van der Waals surface area contributed by atoms with Crippen molar-refractivity contribution in [2.24, 2.45) is 5.73 Å².